The third kappa shape index (κ3) is 1.30. The zero-order chi connectivity index (χ0) is 9.57. The van der Waals surface area contributed by atoms with E-state index >= 15 is 0 Å². The Hall–Kier alpha value is 0. The van der Waals surface area contributed by atoms with Crippen molar-refractivity contribution in [1.29, 1.82) is 0 Å². The highest BCUT2D eigenvalue weighted by Crippen LogP contribution is 2.58. The summed E-state index contributed by atoms with van der Waals surface area (Å²) in [6, 6.07) is 0. The van der Waals surface area contributed by atoms with Crippen LogP contribution in [0.15, 0.2) is 0 Å². The number of hydrogen-bond acceptors (Lipinski definition) is 0. The molecule has 0 aromatic heterocycles. The first-order valence-corrected chi connectivity index (χ1v) is 5.32. The Morgan fingerprint density at radius 3 is 1.83 bits per heavy atom. The first-order chi connectivity index (χ1) is 5.32. The second-order valence-electron chi connectivity index (χ2n) is 5.88. The number of rotatable bonds is 1. The van der Waals surface area contributed by atoms with E-state index in [2.05, 4.69) is 41.5 Å². The van der Waals surface area contributed by atoms with Crippen LogP contribution in [0, 0.1) is 22.7 Å². The van der Waals surface area contributed by atoms with E-state index in [-0.39, 0.29) is 0 Å². The first kappa shape index (κ1) is 10.1. The largest absolute Gasteiger partial charge is 0.0651 e. The van der Waals surface area contributed by atoms with Gasteiger partial charge in [-0.05, 0) is 29.1 Å². The lowest BCUT2D eigenvalue weighted by molar-refractivity contribution is 0.135. The molecule has 0 amide bonds. The molecule has 1 aliphatic carbocycles. The molecule has 2 atom stereocenters. The van der Waals surface area contributed by atoms with Crippen molar-refractivity contribution in [3.8, 4) is 0 Å². The van der Waals surface area contributed by atoms with Gasteiger partial charge in [-0.2, -0.15) is 0 Å². The van der Waals surface area contributed by atoms with Gasteiger partial charge in [-0.3, -0.25) is 0 Å². The zero-order valence-corrected chi connectivity index (χ0v) is 9.57. The third-order valence-corrected chi connectivity index (χ3v) is 4.35. The predicted octanol–water partition coefficient (Wildman–Crippen LogP) is 4.10. The molecule has 1 rings (SSSR count). The van der Waals surface area contributed by atoms with Crippen LogP contribution in [-0.2, 0) is 0 Å². The second kappa shape index (κ2) is 2.75. The molecule has 72 valence electrons. The van der Waals surface area contributed by atoms with Crippen molar-refractivity contribution < 1.29 is 0 Å². The summed E-state index contributed by atoms with van der Waals surface area (Å²) in [6.07, 6.45) is 2.74. The summed E-state index contributed by atoms with van der Waals surface area (Å²) in [4.78, 5) is 0. The highest BCUT2D eigenvalue weighted by atomic mass is 14.5. The van der Waals surface area contributed by atoms with Crippen LogP contribution in [0.5, 0.6) is 0 Å². The van der Waals surface area contributed by atoms with Gasteiger partial charge in [0.2, 0.25) is 0 Å². The van der Waals surface area contributed by atoms with E-state index in [1.165, 1.54) is 12.8 Å². The zero-order valence-electron chi connectivity index (χ0n) is 9.57. The van der Waals surface area contributed by atoms with Crippen molar-refractivity contribution in [3.63, 3.8) is 0 Å². The Kier molecular flexibility index (Phi) is 2.31. The minimum atomic E-state index is 0.554. The minimum Gasteiger partial charge on any atom is -0.0651 e. The van der Waals surface area contributed by atoms with E-state index in [1.54, 1.807) is 0 Å². The van der Waals surface area contributed by atoms with E-state index in [1.807, 2.05) is 0 Å². The van der Waals surface area contributed by atoms with Gasteiger partial charge in [-0.15, -0.1) is 0 Å². The van der Waals surface area contributed by atoms with Gasteiger partial charge in [-0.25, -0.2) is 0 Å². The Balaban J connectivity index is 2.92. The van der Waals surface area contributed by atoms with E-state index < -0.39 is 0 Å². The monoisotopic (exact) mass is 168 g/mol. The molecule has 1 saturated carbocycles. The van der Waals surface area contributed by atoms with Gasteiger partial charge >= 0.3 is 0 Å². The smallest absolute Gasteiger partial charge is 0.0295 e. The van der Waals surface area contributed by atoms with Crippen molar-refractivity contribution >= 4 is 0 Å². The fourth-order valence-corrected chi connectivity index (χ4v) is 3.62. The molecule has 2 unspecified atom stereocenters. The quantitative estimate of drug-likeness (QED) is 0.553. The topological polar surface area (TPSA) is 0 Å². The van der Waals surface area contributed by atoms with Crippen LogP contribution in [-0.4, -0.2) is 0 Å². The van der Waals surface area contributed by atoms with Crippen LogP contribution in [0.25, 0.3) is 0 Å². The predicted molar refractivity (Wildman–Crippen MR) is 55.1 cm³/mol. The molecule has 0 aromatic carbocycles. The van der Waals surface area contributed by atoms with Gasteiger partial charge in [0, 0.05) is 0 Å². The van der Waals surface area contributed by atoms with Crippen molar-refractivity contribution in [3.05, 3.63) is 0 Å². The van der Waals surface area contributed by atoms with Gasteiger partial charge < -0.3 is 0 Å². The van der Waals surface area contributed by atoms with Crippen LogP contribution in [0.3, 0.4) is 0 Å². The molecule has 0 heteroatoms. The van der Waals surface area contributed by atoms with Gasteiger partial charge in [0.05, 0.1) is 0 Å². The lowest BCUT2D eigenvalue weighted by Crippen LogP contribution is -2.28. The molecular formula is C12H24. The molecule has 12 heavy (non-hydrogen) atoms. The SMILES string of the molecule is CCC1C(C)(C)CC(C)C1(C)C. The second-order valence-corrected chi connectivity index (χ2v) is 5.88. The molecular weight excluding hydrogens is 144 g/mol. The summed E-state index contributed by atoms with van der Waals surface area (Å²) >= 11 is 0. The van der Waals surface area contributed by atoms with Crippen molar-refractivity contribution in [2.75, 3.05) is 0 Å². The molecule has 0 aliphatic heterocycles. The van der Waals surface area contributed by atoms with Crippen molar-refractivity contribution in [2.24, 2.45) is 22.7 Å². The summed E-state index contributed by atoms with van der Waals surface area (Å²) in [5.74, 6) is 1.79. The fourth-order valence-electron chi connectivity index (χ4n) is 3.62. The molecule has 1 aliphatic rings. The number of hydrogen-bond donors (Lipinski definition) is 0. The molecule has 0 heterocycles. The van der Waals surface area contributed by atoms with Gasteiger partial charge in [0.25, 0.3) is 0 Å². The van der Waals surface area contributed by atoms with E-state index in [0.717, 1.165) is 11.8 Å². The average Bonchev–Trinajstić information content (AvgIpc) is 1.99. The van der Waals surface area contributed by atoms with E-state index in [4.69, 9.17) is 0 Å². The van der Waals surface area contributed by atoms with E-state index in [9.17, 15) is 0 Å². The highest BCUT2D eigenvalue weighted by Gasteiger charge is 2.49. The molecule has 0 N–H and O–H groups in total. The molecule has 0 saturated heterocycles. The maximum Gasteiger partial charge on any atom is -0.0295 e. The lowest BCUT2D eigenvalue weighted by atomic mass is 9.70. The molecule has 0 bridgehead atoms. The Bertz CT molecular complexity index is 165. The standard InChI is InChI=1S/C12H24/c1-7-10-11(3,4)8-9(2)12(10,5)6/h9-10H,7-8H2,1-6H3. The Morgan fingerprint density at radius 1 is 1.17 bits per heavy atom. The molecule has 0 aromatic rings. The first-order valence-electron chi connectivity index (χ1n) is 5.32. The summed E-state index contributed by atoms with van der Waals surface area (Å²) in [7, 11) is 0. The molecule has 0 nitrogen and oxygen atoms in total. The maximum absolute atomic E-state index is 2.45. The van der Waals surface area contributed by atoms with Gasteiger partial charge in [-0.1, -0.05) is 48.0 Å². The molecule has 1 fully saturated rings. The van der Waals surface area contributed by atoms with Crippen LogP contribution >= 0.6 is 0 Å². The highest BCUT2D eigenvalue weighted by molar-refractivity contribution is 4.99. The third-order valence-electron chi connectivity index (χ3n) is 4.35. The van der Waals surface area contributed by atoms with Crippen molar-refractivity contribution in [1.82, 2.24) is 0 Å². The van der Waals surface area contributed by atoms with Crippen LogP contribution in [0.1, 0.15) is 54.4 Å². The normalized spacial score (nSPS) is 38.5. The molecule has 0 spiro atoms. The summed E-state index contributed by atoms with van der Waals surface area (Å²) in [5.41, 5.74) is 1.12. The lowest BCUT2D eigenvalue weighted by Gasteiger charge is -2.35. The average molecular weight is 168 g/mol. The van der Waals surface area contributed by atoms with Crippen LogP contribution < -0.4 is 0 Å². The van der Waals surface area contributed by atoms with Crippen molar-refractivity contribution in [2.45, 2.75) is 54.4 Å². The fraction of sp³-hybridized carbons (Fsp3) is 1.00. The van der Waals surface area contributed by atoms with Gasteiger partial charge in [0.1, 0.15) is 0 Å². The maximum atomic E-state index is 2.45. The summed E-state index contributed by atoms with van der Waals surface area (Å²) in [5, 5.41) is 0. The summed E-state index contributed by atoms with van der Waals surface area (Å²) < 4.78 is 0. The Labute approximate surface area is 77.7 Å². The van der Waals surface area contributed by atoms with Crippen LogP contribution in [0.2, 0.25) is 0 Å². The summed E-state index contributed by atoms with van der Waals surface area (Å²) in [6.45, 7) is 14.5. The Morgan fingerprint density at radius 2 is 1.67 bits per heavy atom. The molecule has 0 radical (unpaired) electrons. The van der Waals surface area contributed by atoms with Crippen LogP contribution in [0.4, 0.5) is 0 Å². The minimum absolute atomic E-state index is 0.554. The van der Waals surface area contributed by atoms with E-state index in [0.29, 0.717) is 10.8 Å². The van der Waals surface area contributed by atoms with Gasteiger partial charge in [0.15, 0.2) is 0 Å².